The summed E-state index contributed by atoms with van der Waals surface area (Å²) in [6, 6.07) is 5.40. The van der Waals surface area contributed by atoms with Gasteiger partial charge in [0.2, 0.25) is 0 Å². The van der Waals surface area contributed by atoms with Gasteiger partial charge >= 0.3 is 0 Å². The Balaban J connectivity index is 2.06. The molecular weight excluding hydrogens is 234 g/mol. The first-order valence-electron chi connectivity index (χ1n) is 5.26. The molecule has 0 bridgehead atoms. The molecule has 0 radical (unpaired) electrons. The van der Waals surface area contributed by atoms with Crippen LogP contribution in [-0.4, -0.2) is 9.97 Å². The lowest BCUT2D eigenvalue weighted by atomic mass is 10.2. The Morgan fingerprint density at radius 3 is 3.06 bits per heavy atom. The molecule has 0 saturated carbocycles. The molecule has 5 heteroatoms. The number of aromatic nitrogens is 2. The lowest BCUT2D eigenvalue weighted by molar-refractivity contribution is 0.524. The Morgan fingerprint density at radius 2 is 2.29 bits per heavy atom. The average molecular weight is 245 g/mol. The van der Waals surface area contributed by atoms with Crippen molar-refractivity contribution >= 4 is 22.4 Å². The van der Waals surface area contributed by atoms with Gasteiger partial charge in [0.15, 0.2) is 5.58 Å². The summed E-state index contributed by atoms with van der Waals surface area (Å²) >= 11 is 1.52. The van der Waals surface area contributed by atoms with Crippen LogP contribution in [0.2, 0.25) is 0 Å². The molecule has 0 saturated heterocycles. The summed E-state index contributed by atoms with van der Waals surface area (Å²) in [5, 5.41) is 2.75. The minimum absolute atomic E-state index is 0.315. The van der Waals surface area contributed by atoms with Gasteiger partial charge in [-0.05, 0) is 19.1 Å². The van der Waals surface area contributed by atoms with Crippen molar-refractivity contribution in [1.29, 1.82) is 0 Å². The van der Waals surface area contributed by atoms with E-state index in [1.54, 1.807) is 6.20 Å². The van der Waals surface area contributed by atoms with Crippen LogP contribution in [0.3, 0.4) is 0 Å². The normalized spacial score (nSPS) is 13.1. The number of nitrogens with two attached hydrogens (primary N) is 1. The van der Waals surface area contributed by atoms with Crippen molar-refractivity contribution in [2.75, 3.05) is 0 Å². The monoisotopic (exact) mass is 245 g/mol. The third kappa shape index (κ3) is 1.83. The fraction of sp³-hybridized carbons (Fsp3) is 0.167. The Hall–Kier alpha value is -1.72. The highest BCUT2D eigenvalue weighted by Gasteiger charge is 2.16. The van der Waals surface area contributed by atoms with E-state index in [1.807, 2.05) is 30.5 Å². The van der Waals surface area contributed by atoms with Crippen LogP contribution < -0.4 is 5.73 Å². The summed E-state index contributed by atoms with van der Waals surface area (Å²) < 4.78 is 5.69. The summed E-state index contributed by atoms with van der Waals surface area (Å²) in [5.41, 5.74) is 8.66. The molecule has 86 valence electrons. The molecular formula is C12H11N3OS. The van der Waals surface area contributed by atoms with Gasteiger partial charge in [-0.2, -0.15) is 0 Å². The first-order valence-corrected chi connectivity index (χ1v) is 6.14. The van der Waals surface area contributed by atoms with E-state index in [4.69, 9.17) is 10.2 Å². The first-order chi connectivity index (χ1) is 8.24. The zero-order chi connectivity index (χ0) is 11.8. The third-order valence-corrected chi connectivity index (χ3v) is 3.41. The summed E-state index contributed by atoms with van der Waals surface area (Å²) in [7, 11) is 0. The molecule has 0 aliphatic rings. The minimum atomic E-state index is -0.315. The molecule has 1 unspecified atom stereocenters. The quantitative estimate of drug-likeness (QED) is 0.753. The highest BCUT2D eigenvalue weighted by Crippen LogP contribution is 2.26. The van der Waals surface area contributed by atoms with Crippen LogP contribution in [0.4, 0.5) is 0 Å². The summed E-state index contributed by atoms with van der Waals surface area (Å²) in [6.07, 6.45) is 1.74. The smallest absolute Gasteiger partial charge is 0.152 e. The molecule has 0 amide bonds. The molecule has 0 spiro atoms. The summed E-state index contributed by atoms with van der Waals surface area (Å²) in [5.74, 6) is 0.702. The van der Waals surface area contributed by atoms with Gasteiger partial charge in [0, 0.05) is 23.3 Å². The second-order valence-electron chi connectivity index (χ2n) is 3.83. The zero-order valence-electron chi connectivity index (χ0n) is 9.25. The first kappa shape index (κ1) is 10.4. The van der Waals surface area contributed by atoms with Crippen molar-refractivity contribution in [1.82, 2.24) is 9.97 Å². The Kier molecular flexibility index (Phi) is 2.42. The number of fused-ring (bicyclic) bond motifs is 1. The number of aryl methyl sites for hydroxylation is 1. The van der Waals surface area contributed by atoms with Crippen molar-refractivity contribution in [2.45, 2.75) is 13.0 Å². The van der Waals surface area contributed by atoms with Crippen LogP contribution in [-0.2, 0) is 0 Å². The number of rotatable bonds is 2. The molecule has 4 nitrogen and oxygen atoms in total. The zero-order valence-corrected chi connectivity index (χ0v) is 10.1. The second kappa shape index (κ2) is 3.94. The van der Waals surface area contributed by atoms with Crippen LogP contribution in [0.25, 0.3) is 11.1 Å². The maximum absolute atomic E-state index is 6.09. The maximum Gasteiger partial charge on any atom is 0.152 e. The molecule has 3 heterocycles. The van der Waals surface area contributed by atoms with Gasteiger partial charge in [0.25, 0.3) is 0 Å². The van der Waals surface area contributed by atoms with Crippen LogP contribution in [0, 0.1) is 6.92 Å². The van der Waals surface area contributed by atoms with Gasteiger partial charge in [0.1, 0.15) is 22.3 Å². The van der Waals surface area contributed by atoms with Crippen molar-refractivity contribution in [3.05, 3.63) is 46.2 Å². The molecule has 3 aromatic rings. The van der Waals surface area contributed by atoms with Gasteiger partial charge in [-0.25, -0.2) is 9.97 Å². The van der Waals surface area contributed by atoms with Gasteiger partial charge in [-0.3, -0.25) is 0 Å². The SMILES string of the molecule is Cc1ccc2oc(C(N)c3nccs3)cc2n1. The van der Waals surface area contributed by atoms with Gasteiger partial charge in [0.05, 0.1) is 0 Å². The van der Waals surface area contributed by atoms with Gasteiger partial charge in [-0.15, -0.1) is 11.3 Å². The Morgan fingerprint density at radius 1 is 1.41 bits per heavy atom. The van der Waals surface area contributed by atoms with E-state index < -0.39 is 0 Å². The molecule has 3 aromatic heterocycles. The highest BCUT2D eigenvalue weighted by atomic mass is 32.1. The molecule has 0 aliphatic carbocycles. The van der Waals surface area contributed by atoms with Crippen molar-refractivity contribution < 1.29 is 4.42 Å². The topological polar surface area (TPSA) is 64.9 Å². The number of furan rings is 1. The predicted molar refractivity (Wildman–Crippen MR) is 66.9 cm³/mol. The lowest BCUT2D eigenvalue weighted by Gasteiger charge is -2.02. The average Bonchev–Trinajstić information content (AvgIpc) is 2.96. The Labute approximate surface area is 102 Å². The van der Waals surface area contributed by atoms with Crippen molar-refractivity contribution in [2.24, 2.45) is 5.73 Å². The summed E-state index contributed by atoms with van der Waals surface area (Å²) in [6.45, 7) is 1.95. The fourth-order valence-electron chi connectivity index (χ4n) is 1.71. The fourth-order valence-corrected chi connectivity index (χ4v) is 2.35. The molecule has 0 aromatic carbocycles. The van der Waals surface area contributed by atoms with Crippen LogP contribution in [0.15, 0.2) is 34.2 Å². The van der Waals surface area contributed by atoms with Gasteiger partial charge < -0.3 is 10.2 Å². The molecule has 0 aliphatic heterocycles. The molecule has 3 rings (SSSR count). The predicted octanol–water partition coefficient (Wildman–Crippen LogP) is 2.64. The number of hydrogen-bond donors (Lipinski definition) is 1. The maximum atomic E-state index is 6.09. The largest absolute Gasteiger partial charge is 0.457 e. The van der Waals surface area contributed by atoms with Crippen molar-refractivity contribution in [3.63, 3.8) is 0 Å². The van der Waals surface area contributed by atoms with Crippen LogP contribution in [0.5, 0.6) is 0 Å². The van der Waals surface area contributed by atoms with Crippen LogP contribution in [0.1, 0.15) is 22.5 Å². The van der Waals surface area contributed by atoms with E-state index in [1.165, 1.54) is 11.3 Å². The van der Waals surface area contributed by atoms with E-state index in [0.717, 1.165) is 21.8 Å². The molecule has 1 atom stereocenters. The van der Waals surface area contributed by atoms with Gasteiger partial charge in [-0.1, -0.05) is 0 Å². The lowest BCUT2D eigenvalue weighted by Crippen LogP contribution is -2.10. The molecule has 17 heavy (non-hydrogen) atoms. The molecule has 2 N–H and O–H groups in total. The summed E-state index contributed by atoms with van der Waals surface area (Å²) in [4.78, 5) is 8.59. The van der Waals surface area contributed by atoms with Crippen molar-refractivity contribution in [3.8, 4) is 0 Å². The standard InChI is InChI=1S/C12H11N3OS/c1-7-2-3-9-8(15-7)6-10(16-9)11(13)12-14-4-5-17-12/h2-6,11H,13H2,1H3. The highest BCUT2D eigenvalue weighted by molar-refractivity contribution is 7.09. The van der Waals surface area contributed by atoms with E-state index in [-0.39, 0.29) is 6.04 Å². The van der Waals surface area contributed by atoms with E-state index in [0.29, 0.717) is 5.76 Å². The second-order valence-corrected chi connectivity index (χ2v) is 4.76. The third-order valence-electron chi connectivity index (χ3n) is 2.56. The molecule has 0 fully saturated rings. The minimum Gasteiger partial charge on any atom is -0.457 e. The van der Waals surface area contributed by atoms with Crippen LogP contribution >= 0.6 is 11.3 Å². The number of pyridine rings is 1. The number of nitrogens with zero attached hydrogens (tertiary/aromatic N) is 2. The number of hydrogen-bond acceptors (Lipinski definition) is 5. The van der Waals surface area contributed by atoms with E-state index in [2.05, 4.69) is 9.97 Å². The van der Waals surface area contributed by atoms with E-state index in [9.17, 15) is 0 Å². The Bertz CT molecular complexity index is 645. The number of thiazole rings is 1. The van der Waals surface area contributed by atoms with E-state index >= 15 is 0 Å².